The number of rotatable bonds is 5. The fourth-order valence-electron chi connectivity index (χ4n) is 2.19. The van der Waals surface area contributed by atoms with E-state index in [1.165, 1.54) is 0 Å². The van der Waals surface area contributed by atoms with Crippen LogP contribution in [-0.4, -0.2) is 33.0 Å². The second kappa shape index (κ2) is 6.53. The van der Waals surface area contributed by atoms with Gasteiger partial charge in [-0.3, -0.25) is 14.8 Å². The van der Waals surface area contributed by atoms with Crippen LogP contribution < -0.4 is 10.1 Å². The van der Waals surface area contributed by atoms with Gasteiger partial charge in [-0.1, -0.05) is 5.10 Å². The molecule has 2 aromatic heterocycles. The van der Waals surface area contributed by atoms with Crippen molar-refractivity contribution in [1.29, 1.82) is 0 Å². The Bertz CT molecular complexity index is 836. The molecule has 0 aliphatic rings. The molecule has 8 nitrogen and oxygen atoms in total. The van der Waals surface area contributed by atoms with Gasteiger partial charge in [0.2, 0.25) is 5.89 Å². The van der Waals surface area contributed by atoms with Crippen molar-refractivity contribution >= 4 is 11.9 Å². The standard InChI is InChI=1S/C16H17N5O3/c1-10(2)21-13(8-9-17-21)14(22)18-16-20-19-15(24-16)11-4-6-12(23-3)7-5-11/h4-10H,1-3H3,(H,18,20,22). The van der Waals surface area contributed by atoms with Crippen LogP contribution in [0.2, 0.25) is 0 Å². The van der Waals surface area contributed by atoms with Crippen LogP contribution in [0.5, 0.6) is 5.75 Å². The van der Waals surface area contributed by atoms with Gasteiger partial charge in [-0.15, -0.1) is 5.10 Å². The Morgan fingerprint density at radius 1 is 1.21 bits per heavy atom. The van der Waals surface area contributed by atoms with Gasteiger partial charge in [0.05, 0.1) is 7.11 Å². The Labute approximate surface area is 138 Å². The maximum atomic E-state index is 12.3. The maximum absolute atomic E-state index is 12.3. The number of hydrogen-bond acceptors (Lipinski definition) is 6. The lowest BCUT2D eigenvalue weighted by Gasteiger charge is -2.09. The molecule has 3 rings (SSSR count). The number of carbonyl (C=O) groups is 1. The van der Waals surface area contributed by atoms with Gasteiger partial charge in [0.25, 0.3) is 5.91 Å². The van der Waals surface area contributed by atoms with Crippen LogP contribution in [0.1, 0.15) is 30.4 Å². The molecule has 1 N–H and O–H groups in total. The lowest BCUT2D eigenvalue weighted by molar-refractivity contribution is 0.101. The number of nitrogens with zero attached hydrogens (tertiary/aromatic N) is 4. The lowest BCUT2D eigenvalue weighted by Crippen LogP contribution is -2.19. The number of anilines is 1. The molecule has 2 heterocycles. The summed E-state index contributed by atoms with van der Waals surface area (Å²) in [5.41, 5.74) is 1.16. The van der Waals surface area contributed by atoms with Crippen LogP contribution >= 0.6 is 0 Å². The Kier molecular flexibility index (Phi) is 4.28. The van der Waals surface area contributed by atoms with E-state index >= 15 is 0 Å². The molecule has 8 heteroatoms. The summed E-state index contributed by atoms with van der Waals surface area (Å²) in [6.07, 6.45) is 1.57. The van der Waals surface area contributed by atoms with Crippen molar-refractivity contribution in [2.45, 2.75) is 19.9 Å². The highest BCUT2D eigenvalue weighted by atomic mass is 16.5. The number of nitrogens with one attached hydrogen (secondary N) is 1. The summed E-state index contributed by atoms with van der Waals surface area (Å²) in [5, 5.41) is 14.5. The van der Waals surface area contributed by atoms with Crippen molar-refractivity contribution < 1.29 is 13.9 Å². The summed E-state index contributed by atoms with van der Waals surface area (Å²) >= 11 is 0. The molecule has 124 valence electrons. The summed E-state index contributed by atoms with van der Waals surface area (Å²) in [7, 11) is 1.59. The largest absolute Gasteiger partial charge is 0.497 e. The first-order valence-electron chi connectivity index (χ1n) is 7.41. The summed E-state index contributed by atoms with van der Waals surface area (Å²) in [4.78, 5) is 12.3. The van der Waals surface area contributed by atoms with Crippen molar-refractivity contribution in [1.82, 2.24) is 20.0 Å². The highest BCUT2D eigenvalue weighted by molar-refractivity contribution is 6.01. The summed E-state index contributed by atoms with van der Waals surface area (Å²) in [5.74, 6) is 0.685. The van der Waals surface area contributed by atoms with Crippen molar-refractivity contribution in [2.75, 3.05) is 12.4 Å². The zero-order valence-corrected chi connectivity index (χ0v) is 13.6. The second-order valence-corrected chi connectivity index (χ2v) is 5.35. The van der Waals surface area contributed by atoms with Crippen LogP contribution in [-0.2, 0) is 0 Å². The van der Waals surface area contributed by atoms with Gasteiger partial charge in [0.15, 0.2) is 0 Å². The molecular weight excluding hydrogens is 310 g/mol. The molecular formula is C16H17N5O3. The predicted octanol–water partition coefficient (Wildman–Crippen LogP) is 2.77. The molecule has 0 aliphatic carbocycles. The third kappa shape index (κ3) is 3.12. The summed E-state index contributed by atoms with van der Waals surface area (Å²) in [6, 6.07) is 8.91. The van der Waals surface area contributed by atoms with Gasteiger partial charge in [0.1, 0.15) is 11.4 Å². The summed E-state index contributed by atoms with van der Waals surface area (Å²) < 4.78 is 12.2. The number of hydrogen-bond donors (Lipinski definition) is 1. The molecule has 0 atom stereocenters. The molecule has 3 aromatic rings. The van der Waals surface area contributed by atoms with Crippen molar-refractivity contribution in [3.05, 3.63) is 42.2 Å². The van der Waals surface area contributed by atoms with E-state index in [2.05, 4.69) is 20.6 Å². The topological polar surface area (TPSA) is 95.1 Å². The van der Waals surface area contributed by atoms with E-state index in [4.69, 9.17) is 9.15 Å². The Morgan fingerprint density at radius 2 is 1.96 bits per heavy atom. The van der Waals surface area contributed by atoms with Crippen LogP contribution in [0.3, 0.4) is 0 Å². The molecule has 0 aliphatic heterocycles. The molecule has 1 amide bonds. The average Bonchev–Trinajstić information content (AvgIpc) is 3.24. The minimum Gasteiger partial charge on any atom is -0.497 e. The Morgan fingerprint density at radius 3 is 2.62 bits per heavy atom. The van der Waals surface area contributed by atoms with Gasteiger partial charge in [-0.2, -0.15) is 5.10 Å². The van der Waals surface area contributed by atoms with E-state index in [-0.39, 0.29) is 18.0 Å². The molecule has 1 aromatic carbocycles. The second-order valence-electron chi connectivity index (χ2n) is 5.35. The SMILES string of the molecule is COc1ccc(-c2nnc(NC(=O)c3ccnn3C(C)C)o2)cc1. The van der Waals surface area contributed by atoms with E-state index in [1.54, 1.807) is 48.3 Å². The van der Waals surface area contributed by atoms with Gasteiger partial charge in [0, 0.05) is 17.8 Å². The van der Waals surface area contributed by atoms with Crippen molar-refractivity contribution in [3.63, 3.8) is 0 Å². The third-order valence-electron chi connectivity index (χ3n) is 3.37. The summed E-state index contributed by atoms with van der Waals surface area (Å²) in [6.45, 7) is 3.89. The van der Waals surface area contributed by atoms with E-state index in [1.807, 2.05) is 13.8 Å². The number of aromatic nitrogens is 4. The minimum absolute atomic E-state index is 0.0299. The molecule has 0 bridgehead atoms. The van der Waals surface area contributed by atoms with Gasteiger partial charge >= 0.3 is 6.01 Å². The van der Waals surface area contributed by atoms with Crippen molar-refractivity contribution in [3.8, 4) is 17.2 Å². The highest BCUT2D eigenvalue weighted by Gasteiger charge is 2.17. The first-order chi connectivity index (χ1) is 11.6. The number of amides is 1. The van der Waals surface area contributed by atoms with Crippen molar-refractivity contribution in [2.24, 2.45) is 0 Å². The lowest BCUT2D eigenvalue weighted by atomic mass is 10.2. The average molecular weight is 327 g/mol. The molecule has 0 fully saturated rings. The van der Waals surface area contributed by atoms with E-state index in [0.717, 1.165) is 11.3 Å². The Balaban J connectivity index is 1.75. The molecule has 0 saturated carbocycles. The number of carbonyl (C=O) groups excluding carboxylic acids is 1. The van der Waals surface area contributed by atoms with Crippen LogP contribution in [0.25, 0.3) is 11.5 Å². The molecule has 0 radical (unpaired) electrons. The highest BCUT2D eigenvalue weighted by Crippen LogP contribution is 2.22. The van der Waals surface area contributed by atoms with Gasteiger partial charge in [-0.05, 0) is 44.2 Å². The third-order valence-corrected chi connectivity index (χ3v) is 3.37. The fourth-order valence-corrected chi connectivity index (χ4v) is 2.19. The zero-order chi connectivity index (χ0) is 17.1. The number of methoxy groups -OCH3 is 1. The zero-order valence-electron chi connectivity index (χ0n) is 13.6. The fraction of sp³-hybridized carbons (Fsp3) is 0.250. The van der Waals surface area contributed by atoms with Gasteiger partial charge < -0.3 is 9.15 Å². The molecule has 0 spiro atoms. The normalized spacial score (nSPS) is 10.8. The molecule has 24 heavy (non-hydrogen) atoms. The number of benzene rings is 1. The van der Waals surface area contributed by atoms with Crippen LogP contribution in [0.4, 0.5) is 6.01 Å². The predicted molar refractivity (Wildman–Crippen MR) is 86.9 cm³/mol. The smallest absolute Gasteiger partial charge is 0.322 e. The van der Waals surface area contributed by atoms with Crippen LogP contribution in [0.15, 0.2) is 40.9 Å². The molecule has 0 unspecified atom stereocenters. The first kappa shape index (κ1) is 15.7. The van der Waals surface area contributed by atoms with E-state index < -0.39 is 0 Å². The quantitative estimate of drug-likeness (QED) is 0.774. The van der Waals surface area contributed by atoms with Crippen LogP contribution in [0, 0.1) is 0 Å². The minimum atomic E-state index is -0.355. The van der Waals surface area contributed by atoms with E-state index in [0.29, 0.717) is 11.6 Å². The first-order valence-corrected chi connectivity index (χ1v) is 7.41. The molecule has 0 saturated heterocycles. The van der Waals surface area contributed by atoms with Gasteiger partial charge in [-0.25, -0.2) is 0 Å². The monoisotopic (exact) mass is 327 g/mol. The maximum Gasteiger partial charge on any atom is 0.322 e. The van der Waals surface area contributed by atoms with E-state index in [9.17, 15) is 4.79 Å². The Hall–Kier alpha value is -3.16. The number of ether oxygens (including phenoxy) is 1.